The lowest BCUT2D eigenvalue weighted by molar-refractivity contribution is 0.0729. The van der Waals surface area contributed by atoms with Crippen LogP contribution in [-0.2, 0) is 11.3 Å². The molecule has 0 saturated heterocycles. The highest BCUT2D eigenvalue weighted by Crippen LogP contribution is 2.31. The van der Waals surface area contributed by atoms with Crippen LogP contribution in [0.3, 0.4) is 0 Å². The summed E-state index contributed by atoms with van der Waals surface area (Å²) in [5, 5.41) is 2.95. The van der Waals surface area contributed by atoms with Crippen LogP contribution in [0.5, 0.6) is 5.75 Å². The number of carbonyl (C=O) groups is 1. The lowest BCUT2D eigenvalue weighted by atomic mass is 9.99. The first-order valence-electron chi connectivity index (χ1n) is 11.0. The summed E-state index contributed by atoms with van der Waals surface area (Å²) >= 11 is 1.47. The molecule has 0 unspecified atom stereocenters. The Balaban J connectivity index is 1.80. The van der Waals surface area contributed by atoms with Crippen molar-refractivity contribution in [2.24, 2.45) is 0 Å². The molecule has 0 spiro atoms. The fraction of sp³-hybridized carbons (Fsp3) is 0.259. The van der Waals surface area contributed by atoms with E-state index >= 15 is 0 Å². The van der Waals surface area contributed by atoms with Gasteiger partial charge in [-0.15, -0.1) is 11.3 Å². The Morgan fingerprint density at radius 1 is 1.06 bits per heavy atom. The molecule has 2 heterocycles. The van der Waals surface area contributed by atoms with Crippen molar-refractivity contribution in [3.63, 3.8) is 0 Å². The molecule has 5 nitrogen and oxygen atoms in total. The Hall–Kier alpha value is -3.22. The van der Waals surface area contributed by atoms with Crippen LogP contribution in [0.4, 0.5) is 0 Å². The van der Waals surface area contributed by atoms with Gasteiger partial charge in [-0.25, -0.2) is 4.98 Å². The maximum atomic E-state index is 13.3. The lowest BCUT2D eigenvalue weighted by Crippen LogP contribution is -2.32. The van der Waals surface area contributed by atoms with E-state index < -0.39 is 0 Å². The number of benzene rings is 2. The number of nitrogens with zero attached hydrogens (tertiary/aromatic N) is 2. The van der Waals surface area contributed by atoms with E-state index in [0.29, 0.717) is 19.7 Å². The second kappa shape index (κ2) is 10.6. The molecule has 4 aromatic rings. The summed E-state index contributed by atoms with van der Waals surface area (Å²) < 4.78 is 10.7. The molecule has 0 saturated carbocycles. The first-order valence-corrected chi connectivity index (χ1v) is 11.8. The molecule has 0 fully saturated rings. The number of methoxy groups -OCH3 is 2. The number of aryl methyl sites for hydroxylation is 1. The number of carbonyl (C=O) groups excluding carboxylic acids is 1. The van der Waals surface area contributed by atoms with Gasteiger partial charge in [0, 0.05) is 43.8 Å². The van der Waals surface area contributed by atoms with Crippen molar-refractivity contribution in [3.05, 3.63) is 82.0 Å². The van der Waals surface area contributed by atoms with Gasteiger partial charge >= 0.3 is 0 Å². The average Bonchev–Trinajstić information content (AvgIpc) is 3.38. The standard InChI is InChI=1S/C27H28N2O3S/c1-19-8-4-5-9-23(19)26-21(16-20-11-12-22(32-3)17-24(20)28-26)18-29(13-7-14-31-2)27(30)25-10-6-15-33-25/h4-6,8-12,15-17H,7,13-14,18H2,1-3H3. The SMILES string of the molecule is COCCCN(Cc1cc2ccc(OC)cc2nc1-c1ccccc1C)C(=O)c1cccs1. The molecular formula is C27H28N2O3S. The first-order chi connectivity index (χ1) is 16.1. The Labute approximate surface area is 198 Å². The quantitative estimate of drug-likeness (QED) is 0.289. The fourth-order valence-electron chi connectivity index (χ4n) is 3.92. The van der Waals surface area contributed by atoms with Crippen molar-refractivity contribution >= 4 is 28.1 Å². The van der Waals surface area contributed by atoms with Gasteiger partial charge in [-0.1, -0.05) is 30.3 Å². The maximum Gasteiger partial charge on any atom is 0.264 e. The first kappa shape index (κ1) is 23.0. The predicted octanol–water partition coefficient (Wildman–Crippen LogP) is 5.96. The molecule has 0 aliphatic heterocycles. The van der Waals surface area contributed by atoms with E-state index in [1.165, 1.54) is 11.3 Å². The monoisotopic (exact) mass is 460 g/mol. The minimum Gasteiger partial charge on any atom is -0.497 e. The molecule has 0 atom stereocenters. The summed E-state index contributed by atoms with van der Waals surface area (Å²) in [6.45, 7) is 3.77. The van der Waals surface area contributed by atoms with Gasteiger partial charge in [-0.2, -0.15) is 0 Å². The highest BCUT2D eigenvalue weighted by Gasteiger charge is 2.20. The van der Waals surface area contributed by atoms with E-state index in [0.717, 1.165) is 50.3 Å². The van der Waals surface area contributed by atoms with Gasteiger partial charge in [0.2, 0.25) is 0 Å². The zero-order valence-corrected chi connectivity index (χ0v) is 20.0. The molecule has 2 aromatic carbocycles. The van der Waals surface area contributed by atoms with Crippen LogP contribution < -0.4 is 4.74 Å². The summed E-state index contributed by atoms with van der Waals surface area (Å²) in [6.07, 6.45) is 0.769. The van der Waals surface area contributed by atoms with Gasteiger partial charge in [0.25, 0.3) is 5.91 Å². The largest absolute Gasteiger partial charge is 0.497 e. The van der Waals surface area contributed by atoms with E-state index in [4.69, 9.17) is 14.5 Å². The molecule has 1 amide bonds. The summed E-state index contributed by atoms with van der Waals surface area (Å²) in [5.41, 5.74) is 4.99. The highest BCUT2D eigenvalue weighted by molar-refractivity contribution is 7.12. The number of aromatic nitrogens is 1. The molecule has 2 aromatic heterocycles. The third kappa shape index (κ3) is 5.24. The van der Waals surface area contributed by atoms with Crippen LogP contribution >= 0.6 is 11.3 Å². The van der Waals surface area contributed by atoms with Crippen molar-refractivity contribution in [1.29, 1.82) is 0 Å². The topological polar surface area (TPSA) is 51.7 Å². The summed E-state index contributed by atoms with van der Waals surface area (Å²) in [7, 11) is 3.34. The molecule has 170 valence electrons. The Morgan fingerprint density at radius 2 is 1.91 bits per heavy atom. The minimum absolute atomic E-state index is 0.0339. The molecule has 4 rings (SSSR count). The van der Waals surface area contributed by atoms with Gasteiger partial charge in [0.1, 0.15) is 5.75 Å². The normalized spacial score (nSPS) is 11.0. The number of hydrogen-bond donors (Lipinski definition) is 0. The highest BCUT2D eigenvalue weighted by atomic mass is 32.1. The van der Waals surface area contributed by atoms with Crippen LogP contribution in [0, 0.1) is 6.92 Å². The molecule has 33 heavy (non-hydrogen) atoms. The number of amides is 1. The number of thiophene rings is 1. The lowest BCUT2D eigenvalue weighted by Gasteiger charge is -2.24. The van der Waals surface area contributed by atoms with Crippen molar-refractivity contribution in [2.75, 3.05) is 27.4 Å². The van der Waals surface area contributed by atoms with E-state index in [2.05, 4.69) is 25.1 Å². The third-order valence-electron chi connectivity index (χ3n) is 5.66. The van der Waals surface area contributed by atoms with Crippen LogP contribution in [-0.4, -0.2) is 43.2 Å². The minimum atomic E-state index is 0.0339. The molecule has 0 aliphatic rings. The summed E-state index contributed by atoms with van der Waals surface area (Å²) in [6, 6.07) is 20.1. The maximum absolute atomic E-state index is 13.3. The number of pyridine rings is 1. The molecule has 0 bridgehead atoms. The van der Waals surface area contributed by atoms with E-state index in [1.807, 2.05) is 52.7 Å². The van der Waals surface area contributed by atoms with Gasteiger partial charge < -0.3 is 14.4 Å². The Morgan fingerprint density at radius 3 is 2.64 bits per heavy atom. The summed E-state index contributed by atoms with van der Waals surface area (Å²) in [4.78, 5) is 21.0. The number of rotatable bonds is 9. The van der Waals surface area contributed by atoms with Crippen molar-refractivity contribution in [1.82, 2.24) is 9.88 Å². The Bertz CT molecular complexity index is 1240. The van der Waals surface area contributed by atoms with Crippen molar-refractivity contribution in [3.8, 4) is 17.0 Å². The molecule has 0 N–H and O–H groups in total. The number of fused-ring (bicyclic) bond motifs is 1. The zero-order valence-electron chi connectivity index (χ0n) is 19.2. The molecule has 0 aliphatic carbocycles. The molecule has 0 radical (unpaired) electrons. The van der Waals surface area contributed by atoms with E-state index in [9.17, 15) is 4.79 Å². The van der Waals surface area contributed by atoms with Gasteiger partial charge in [0.15, 0.2) is 0 Å². The number of ether oxygens (including phenoxy) is 2. The van der Waals surface area contributed by atoms with E-state index in [1.54, 1.807) is 14.2 Å². The van der Waals surface area contributed by atoms with Crippen LogP contribution in [0.15, 0.2) is 66.0 Å². The predicted molar refractivity (Wildman–Crippen MR) is 134 cm³/mol. The zero-order chi connectivity index (χ0) is 23.2. The molecular weight excluding hydrogens is 432 g/mol. The second-order valence-corrected chi connectivity index (χ2v) is 8.87. The van der Waals surface area contributed by atoms with Crippen LogP contribution in [0.1, 0.15) is 27.2 Å². The Kier molecular flexibility index (Phi) is 7.37. The summed E-state index contributed by atoms with van der Waals surface area (Å²) in [5.74, 6) is 0.805. The smallest absolute Gasteiger partial charge is 0.264 e. The molecule has 6 heteroatoms. The fourth-order valence-corrected chi connectivity index (χ4v) is 4.61. The van der Waals surface area contributed by atoms with E-state index in [-0.39, 0.29) is 5.91 Å². The van der Waals surface area contributed by atoms with Crippen molar-refractivity contribution < 1.29 is 14.3 Å². The average molecular weight is 461 g/mol. The third-order valence-corrected chi connectivity index (χ3v) is 6.52. The second-order valence-electron chi connectivity index (χ2n) is 7.92. The van der Waals surface area contributed by atoms with Gasteiger partial charge in [0.05, 0.1) is 23.2 Å². The van der Waals surface area contributed by atoms with Gasteiger partial charge in [-0.3, -0.25) is 4.79 Å². The van der Waals surface area contributed by atoms with Crippen molar-refractivity contribution in [2.45, 2.75) is 19.9 Å². The van der Waals surface area contributed by atoms with Crippen LogP contribution in [0.25, 0.3) is 22.2 Å². The van der Waals surface area contributed by atoms with Crippen LogP contribution in [0.2, 0.25) is 0 Å². The number of hydrogen-bond acceptors (Lipinski definition) is 5. The van der Waals surface area contributed by atoms with Gasteiger partial charge in [-0.05, 0) is 54.1 Å².